The van der Waals surface area contributed by atoms with Gasteiger partial charge in [0.1, 0.15) is 48.2 Å². The Balaban J connectivity index is 0.000000127. The molecule has 0 radical (unpaired) electrons. The van der Waals surface area contributed by atoms with Gasteiger partial charge in [-0.15, -0.1) is 11.6 Å². The average Bonchev–Trinajstić information content (AvgIpc) is 1.61. The van der Waals surface area contributed by atoms with Crippen molar-refractivity contribution in [3.63, 3.8) is 0 Å². The maximum Gasteiger partial charge on any atom is 0.410 e. The van der Waals surface area contributed by atoms with Crippen LogP contribution in [0.2, 0.25) is 20.1 Å². The van der Waals surface area contributed by atoms with Gasteiger partial charge in [-0.05, 0) is 207 Å². The molecule has 8 heterocycles. The van der Waals surface area contributed by atoms with Gasteiger partial charge >= 0.3 is 24.4 Å². The molecule has 0 bridgehead atoms. The van der Waals surface area contributed by atoms with Crippen molar-refractivity contribution in [2.75, 3.05) is 52.4 Å². The summed E-state index contributed by atoms with van der Waals surface area (Å²) in [6, 6.07) is 45.0. The summed E-state index contributed by atoms with van der Waals surface area (Å²) in [5, 5.41) is 17.8. The Morgan fingerprint density at radius 2 is 0.852 bits per heavy atom. The SMILES string of the molecule is CC(C)OC(=O)N1CCc2c([nH]c3ccc(Cl)cc23)C1c1cccc(F)c1.CCOC(=O)N1CCc2c([nH]c3ccc(Cl)cc23)C1c1ccc(C)cc1.COC(=O)N1CCc2c([nH]c3ccc(Cl)cc23)C1c1cc(F)cc(F)c1.O=C(OCCCl)N1CCc2c([nH]c3ccc(Cl)cc23)C1c1ccc([N+](=O)[O-])cc1. The van der Waals surface area contributed by atoms with Crippen LogP contribution in [0.5, 0.6) is 0 Å². The molecule has 0 aliphatic carbocycles. The summed E-state index contributed by atoms with van der Waals surface area (Å²) >= 11 is 30.3. The molecule has 16 rings (SSSR count). The molecular weight excluding hydrogens is 1490 g/mol. The van der Waals surface area contributed by atoms with Crippen molar-refractivity contribution in [1.29, 1.82) is 0 Å². The van der Waals surface area contributed by atoms with Gasteiger partial charge in [-0.1, -0.05) is 88.4 Å². The van der Waals surface area contributed by atoms with E-state index in [1.54, 1.807) is 40.1 Å². The van der Waals surface area contributed by atoms with E-state index in [1.165, 1.54) is 59.5 Å². The van der Waals surface area contributed by atoms with Crippen molar-refractivity contribution < 1.29 is 56.2 Å². The number of halogens is 8. The Labute approximate surface area is 643 Å². The standard InChI is InChI=1S/C21H20ClFN2O2.C21H21ClN2O2.C20H17Cl2N3O4.C19H15ClF2N2O2/c1-12(2)27-21(26)25-9-8-16-17-11-14(22)6-7-18(17)24-19(16)20(25)13-4-3-5-15(23)10-13;1-3-26-21(25)24-11-10-16-17-12-15(22)8-9-18(17)23-19(16)20(24)14-6-4-13(2)5-7-14;21-8-10-29-20(26)24-9-7-15-16-11-13(22)3-6-17(16)23-18(15)19(24)12-1-4-14(5-2-12)25(27)28;1-26-19(25)24-5-4-14-15-8-11(20)2-3-16(15)23-17(14)18(24)10-6-12(21)9-13(22)7-10/h3-7,10-12,20,24H,8-9H2,1-2H3;4-9,12,20,23H,3,10-11H2,1-2H3;1-6,11,19,23H,7-10H2;2-3,6-9,18,23H,4-5H2,1H3. The van der Waals surface area contributed by atoms with Crippen molar-refractivity contribution in [1.82, 2.24) is 39.5 Å². The predicted octanol–water partition coefficient (Wildman–Crippen LogP) is 20.6. The number of ether oxygens (including phenoxy) is 4. The number of H-pyrrole nitrogens is 4. The first-order chi connectivity index (χ1) is 52.0. The van der Waals surface area contributed by atoms with Crippen molar-refractivity contribution >= 4 is 132 Å². The number of hydrogen-bond donors (Lipinski definition) is 4. The van der Waals surface area contributed by atoms with E-state index in [0.717, 1.165) is 106 Å². The summed E-state index contributed by atoms with van der Waals surface area (Å²) in [6.45, 7) is 9.90. The molecule has 0 fully saturated rings. The van der Waals surface area contributed by atoms with Crippen LogP contribution in [0.1, 0.15) is 118 Å². The van der Waals surface area contributed by atoms with E-state index >= 15 is 0 Å². The third-order valence-electron chi connectivity index (χ3n) is 19.6. The lowest BCUT2D eigenvalue weighted by Gasteiger charge is -2.35. The number of carbonyl (C=O) groups is 4. The fourth-order valence-electron chi connectivity index (χ4n) is 15.0. The summed E-state index contributed by atoms with van der Waals surface area (Å²) in [5.74, 6) is -1.53. The van der Waals surface area contributed by atoms with E-state index < -0.39 is 53.0 Å². The van der Waals surface area contributed by atoms with E-state index in [2.05, 4.69) is 51.1 Å². The maximum absolute atomic E-state index is 13.9. The topological polar surface area (TPSA) is 224 Å². The lowest BCUT2D eigenvalue weighted by atomic mass is 9.92. The zero-order valence-electron chi connectivity index (χ0n) is 59.1. The second-order valence-corrected chi connectivity index (χ2v) is 28.8. The number of nitrogens with zero attached hydrogens (tertiary/aromatic N) is 5. The van der Waals surface area contributed by atoms with E-state index in [1.807, 2.05) is 92.4 Å². The number of alkyl halides is 1. The Bertz CT molecular complexity index is 5380. The Morgan fingerprint density at radius 3 is 1.23 bits per heavy atom. The molecular formula is C81H73Cl5F3N9O10. The van der Waals surface area contributed by atoms with Crippen LogP contribution in [0.15, 0.2) is 164 Å². The molecule has 4 aliphatic heterocycles. The minimum absolute atomic E-state index is 0.00974. The predicted molar refractivity (Wildman–Crippen MR) is 412 cm³/mol. The highest BCUT2D eigenvalue weighted by molar-refractivity contribution is 6.32. The van der Waals surface area contributed by atoms with Crippen LogP contribution in [0.4, 0.5) is 38.0 Å². The van der Waals surface area contributed by atoms with Gasteiger partial charge < -0.3 is 38.9 Å². The minimum atomic E-state index is -0.698. The Hall–Kier alpha value is -10.4. The lowest BCUT2D eigenvalue weighted by molar-refractivity contribution is -0.384. The quantitative estimate of drug-likeness (QED) is 0.0463. The van der Waals surface area contributed by atoms with Gasteiger partial charge in [0.2, 0.25) is 0 Å². The van der Waals surface area contributed by atoms with Gasteiger partial charge in [0, 0.05) is 131 Å². The number of rotatable bonds is 9. The van der Waals surface area contributed by atoms with Crippen LogP contribution in [0.3, 0.4) is 0 Å². The number of fused-ring (bicyclic) bond motifs is 12. The van der Waals surface area contributed by atoms with E-state index in [0.29, 0.717) is 83.9 Å². The van der Waals surface area contributed by atoms with Gasteiger partial charge in [-0.3, -0.25) is 29.7 Å². The number of amides is 4. The third-order valence-corrected chi connectivity index (χ3v) is 20.6. The molecule has 4 unspecified atom stereocenters. The average molecular weight is 1570 g/mol. The number of hydrogen-bond acceptors (Lipinski definition) is 10. The van der Waals surface area contributed by atoms with Crippen LogP contribution in [-0.4, -0.2) is 127 Å². The van der Waals surface area contributed by atoms with Crippen molar-refractivity contribution in [3.05, 3.63) is 284 Å². The highest BCUT2D eigenvalue weighted by atomic mass is 35.5. The minimum Gasteiger partial charge on any atom is -0.453 e. The number of aromatic nitrogens is 4. The first-order valence-electron chi connectivity index (χ1n) is 35.0. The normalized spacial score (nSPS) is 16.4. The van der Waals surface area contributed by atoms with Gasteiger partial charge in [0.15, 0.2) is 0 Å². The molecule has 0 saturated heterocycles. The van der Waals surface area contributed by atoms with E-state index in [9.17, 15) is 42.5 Å². The molecule has 27 heteroatoms. The molecule has 12 aromatic rings. The number of benzene rings is 8. The highest BCUT2D eigenvalue weighted by Gasteiger charge is 2.40. The van der Waals surface area contributed by atoms with Gasteiger partial charge in [-0.2, -0.15) is 0 Å². The molecule has 4 aliphatic rings. The number of aryl methyl sites for hydroxylation is 1. The van der Waals surface area contributed by atoms with E-state index in [-0.39, 0.29) is 42.2 Å². The largest absolute Gasteiger partial charge is 0.453 e. The van der Waals surface area contributed by atoms with Crippen LogP contribution < -0.4 is 0 Å². The van der Waals surface area contributed by atoms with Crippen LogP contribution in [-0.2, 0) is 44.6 Å². The van der Waals surface area contributed by atoms with Crippen molar-refractivity contribution in [2.24, 2.45) is 0 Å². The molecule has 0 spiro atoms. The maximum atomic E-state index is 13.9. The van der Waals surface area contributed by atoms with Crippen molar-refractivity contribution in [2.45, 2.75) is 83.6 Å². The summed E-state index contributed by atoms with van der Waals surface area (Å²) in [7, 11) is 1.28. The monoisotopic (exact) mass is 1560 g/mol. The Morgan fingerprint density at radius 1 is 0.481 bits per heavy atom. The first-order valence-corrected chi connectivity index (χ1v) is 37.0. The highest BCUT2D eigenvalue weighted by Crippen LogP contribution is 2.45. The number of aromatic amines is 4. The number of nitro groups is 1. The second-order valence-electron chi connectivity index (χ2n) is 26.6. The van der Waals surface area contributed by atoms with Gasteiger partial charge in [-0.25, -0.2) is 32.3 Å². The van der Waals surface area contributed by atoms with Crippen LogP contribution >= 0.6 is 58.0 Å². The lowest BCUT2D eigenvalue weighted by Crippen LogP contribution is -2.41. The number of methoxy groups -OCH3 is 1. The molecule has 19 nitrogen and oxygen atoms in total. The van der Waals surface area contributed by atoms with Crippen molar-refractivity contribution in [3.8, 4) is 0 Å². The molecule has 4 atom stereocenters. The summed E-state index contributed by atoms with van der Waals surface area (Å²) in [4.78, 5) is 81.1. The fourth-order valence-corrected chi connectivity index (χ4v) is 15.7. The molecule has 4 N–H and O–H groups in total. The second kappa shape index (κ2) is 32.6. The van der Waals surface area contributed by atoms with Gasteiger partial charge in [0.25, 0.3) is 5.69 Å². The number of nitrogens with one attached hydrogen (secondary N) is 4. The molecule has 4 amide bonds. The molecule has 558 valence electrons. The fraction of sp³-hybridized carbons (Fsp3) is 0.259. The van der Waals surface area contributed by atoms with Crippen LogP contribution in [0.25, 0.3) is 43.6 Å². The number of nitro benzene ring substituents is 1. The summed E-state index contributed by atoms with van der Waals surface area (Å²) < 4.78 is 62.5. The molecule has 8 aromatic carbocycles. The Kier molecular flexibility index (Phi) is 22.9. The number of carbonyl (C=O) groups excluding carboxylic acids is 4. The van der Waals surface area contributed by atoms with E-state index in [4.69, 9.17) is 77.0 Å². The third kappa shape index (κ3) is 15.8. The summed E-state index contributed by atoms with van der Waals surface area (Å²) in [6.07, 6.45) is 0.730. The van der Waals surface area contributed by atoms with Crippen LogP contribution in [0, 0.1) is 34.5 Å². The molecule has 0 saturated carbocycles. The number of non-ortho nitro benzene ring substituents is 1. The zero-order valence-corrected chi connectivity index (χ0v) is 62.9. The first kappa shape index (κ1) is 75.9. The molecule has 108 heavy (non-hydrogen) atoms. The summed E-state index contributed by atoms with van der Waals surface area (Å²) in [5.41, 5.74) is 15.7. The zero-order chi connectivity index (χ0) is 76.4. The molecule has 4 aromatic heterocycles. The van der Waals surface area contributed by atoms with Gasteiger partial charge in [0.05, 0.1) is 30.6 Å². The smallest absolute Gasteiger partial charge is 0.410 e.